The van der Waals surface area contributed by atoms with Crippen molar-refractivity contribution in [1.82, 2.24) is 0 Å². The number of hydrogen-bond acceptors (Lipinski definition) is 5. The molecule has 1 aromatic heterocycles. The molecule has 2 rings (SSSR count). The molecule has 0 spiro atoms. The van der Waals surface area contributed by atoms with Crippen LogP contribution in [0.5, 0.6) is 0 Å². The van der Waals surface area contributed by atoms with Crippen LogP contribution < -0.4 is 5.32 Å². The van der Waals surface area contributed by atoms with Gasteiger partial charge in [0.05, 0.1) is 21.8 Å². The zero-order valence-electron chi connectivity index (χ0n) is 11.8. The second kappa shape index (κ2) is 7.37. The molecule has 0 saturated carbocycles. The highest BCUT2D eigenvalue weighted by atomic mass is 32.1. The minimum Gasteiger partial charge on any atom is -0.478 e. The summed E-state index contributed by atoms with van der Waals surface area (Å²) in [4.78, 5) is 28.7. The van der Waals surface area contributed by atoms with Gasteiger partial charge in [-0.1, -0.05) is 23.4 Å². The molecule has 6 nitrogen and oxygen atoms in total. The van der Waals surface area contributed by atoms with E-state index in [9.17, 15) is 9.59 Å². The summed E-state index contributed by atoms with van der Waals surface area (Å²) >= 11 is 1.52. The summed E-state index contributed by atoms with van der Waals surface area (Å²) in [5, 5.41) is 17.3. The van der Waals surface area contributed by atoms with Gasteiger partial charge in [0.25, 0.3) is 5.91 Å². The normalized spacial score (nSPS) is 11.0. The van der Waals surface area contributed by atoms with Crippen LogP contribution in [0.3, 0.4) is 0 Å². The van der Waals surface area contributed by atoms with Gasteiger partial charge in [-0.05, 0) is 30.5 Å². The molecule has 1 aromatic carbocycles. The molecule has 0 radical (unpaired) electrons. The number of anilines is 1. The summed E-state index contributed by atoms with van der Waals surface area (Å²) in [7, 11) is 0. The summed E-state index contributed by atoms with van der Waals surface area (Å²) in [5.74, 6) is -1.58. The number of carbonyl (C=O) groups excluding carboxylic acids is 1. The number of para-hydroxylation sites is 1. The number of amides is 1. The van der Waals surface area contributed by atoms with E-state index in [0.717, 1.165) is 4.88 Å². The standard InChI is InChI=1S/C15H14N2O4S/c1-10(13-7-4-8-22-13)17-21-9-14(18)16-12-6-3-2-5-11(12)15(19)20/h2-8H,9H2,1H3,(H,16,18)(H,19,20)/b17-10+. The number of carboxylic acid groups (broad SMARTS) is 1. The molecule has 0 aliphatic carbocycles. The van der Waals surface area contributed by atoms with Gasteiger partial charge in [0.15, 0.2) is 6.61 Å². The van der Waals surface area contributed by atoms with Crippen LogP contribution >= 0.6 is 11.3 Å². The van der Waals surface area contributed by atoms with E-state index in [2.05, 4.69) is 10.5 Å². The Morgan fingerprint density at radius 3 is 2.73 bits per heavy atom. The fourth-order valence-corrected chi connectivity index (χ4v) is 2.35. The highest BCUT2D eigenvalue weighted by Gasteiger charge is 2.11. The van der Waals surface area contributed by atoms with Crippen LogP contribution in [0.1, 0.15) is 22.2 Å². The minimum atomic E-state index is -1.11. The largest absolute Gasteiger partial charge is 0.478 e. The summed E-state index contributed by atoms with van der Waals surface area (Å²) in [6.45, 7) is 1.49. The van der Waals surface area contributed by atoms with Crippen molar-refractivity contribution in [3.63, 3.8) is 0 Å². The molecule has 2 N–H and O–H groups in total. The Morgan fingerprint density at radius 1 is 1.27 bits per heavy atom. The van der Waals surface area contributed by atoms with E-state index in [1.165, 1.54) is 23.5 Å². The molecular formula is C15H14N2O4S. The van der Waals surface area contributed by atoms with Crippen molar-refractivity contribution in [2.75, 3.05) is 11.9 Å². The van der Waals surface area contributed by atoms with Crippen molar-refractivity contribution >= 4 is 34.6 Å². The molecule has 7 heteroatoms. The lowest BCUT2D eigenvalue weighted by Gasteiger charge is -2.07. The van der Waals surface area contributed by atoms with Gasteiger partial charge >= 0.3 is 5.97 Å². The lowest BCUT2D eigenvalue weighted by atomic mass is 10.2. The maximum absolute atomic E-state index is 11.8. The molecule has 114 valence electrons. The Labute approximate surface area is 131 Å². The SMILES string of the molecule is C/C(=N\OCC(=O)Nc1ccccc1C(=O)O)c1cccs1. The van der Waals surface area contributed by atoms with Gasteiger partial charge in [-0.25, -0.2) is 4.79 Å². The lowest BCUT2D eigenvalue weighted by Crippen LogP contribution is -2.19. The number of carbonyl (C=O) groups is 2. The van der Waals surface area contributed by atoms with Crippen LogP contribution in [-0.4, -0.2) is 29.3 Å². The van der Waals surface area contributed by atoms with E-state index in [1.807, 2.05) is 17.5 Å². The van der Waals surface area contributed by atoms with Crippen molar-refractivity contribution in [2.45, 2.75) is 6.92 Å². The molecular weight excluding hydrogens is 304 g/mol. The van der Waals surface area contributed by atoms with Crippen molar-refractivity contribution < 1.29 is 19.5 Å². The highest BCUT2D eigenvalue weighted by molar-refractivity contribution is 7.12. The first-order chi connectivity index (χ1) is 10.6. The van der Waals surface area contributed by atoms with Crippen LogP contribution in [0, 0.1) is 0 Å². The molecule has 0 aliphatic rings. The van der Waals surface area contributed by atoms with Gasteiger partial charge in [-0.3, -0.25) is 4.79 Å². The quantitative estimate of drug-likeness (QED) is 0.633. The molecule has 1 heterocycles. The molecule has 0 unspecified atom stereocenters. The van der Waals surface area contributed by atoms with Crippen molar-refractivity contribution in [3.05, 3.63) is 52.2 Å². The molecule has 2 aromatic rings. The number of carboxylic acids is 1. The molecule has 0 saturated heterocycles. The predicted molar refractivity (Wildman–Crippen MR) is 84.5 cm³/mol. The fourth-order valence-electron chi connectivity index (χ4n) is 1.68. The summed E-state index contributed by atoms with van der Waals surface area (Å²) < 4.78 is 0. The molecule has 0 bridgehead atoms. The van der Waals surface area contributed by atoms with Gasteiger partial charge in [-0.2, -0.15) is 0 Å². The predicted octanol–water partition coefficient (Wildman–Crippen LogP) is 2.83. The molecule has 0 fully saturated rings. The van der Waals surface area contributed by atoms with Crippen LogP contribution in [0.4, 0.5) is 5.69 Å². The number of nitrogens with one attached hydrogen (secondary N) is 1. The number of aromatic carboxylic acids is 1. The van der Waals surface area contributed by atoms with E-state index >= 15 is 0 Å². The zero-order valence-corrected chi connectivity index (χ0v) is 12.6. The third-order valence-corrected chi connectivity index (χ3v) is 3.69. The van der Waals surface area contributed by atoms with E-state index in [0.29, 0.717) is 5.71 Å². The van der Waals surface area contributed by atoms with Gasteiger partial charge in [0.1, 0.15) is 0 Å². The van der Waals surface area contributed by atoms with E-state index in [-0.39, 0.29) is 17.9 Å². The number of benzene rings is 1. The Bertz CT molecular complexity index is 695. The van der Waals surface area contributed by atoms with E-state index in [4.69, 9.17) is 9.94 Å². The monoisotopic (exact) mass is 318 g/mol. The third kappa shape index (κ3) is 4.16. The average molecular weight is 318 g/mol. The Morgan fingerprint density at radius 2 is 2.05 bits per heavy atom. The van der Waals surface area contributed by atoms with E-state index in [1.54, 1.807) is 19.1 Å². The second-order valence-corrected chi connectivity index (χ2v) is 5.27. The van der Waals surface area contributed by atoms with Crippen LogP contribution in [0.15, 0.2) is 46.9 Å². The van der Waals surface area contributed by atoms with Crippen molar-refractivity contribution in [1.29, 1.82) is 0 Å². The van der Waals surface area contributed by atoms with Gasteiger partial charge < -0.3 is 15.3 Å². The fraction of sp³-hybridized carbons (Fsp3) is 0.133. The number of oxime groups is 1. The summed E-state index contributed by atoms with van der Waals surface area (Å²) in [5.41, 5.74) is 0.922. The summed E-state index contributed by atoms with van der Waals surface area (Å²) in [6.07, 6.45) is 0. The second-order valence-electron chi connectivity index (χ2n) is 4.33. The first-order valence-electron chi connectivity index (χ1n) is 6.40. The van der Waals surface area contributed by atoms with Crippen LogP contribution in [0.25, 0.3) is 0 Å². The highest BCUT2D eigenvalue weighted by Crippen LogP contribution is 2.14. The minimum absolute atomic E-state index is 0.0223. The van der Waals surface area contributed by atoms with Crippen LogP contribution in [0.2, 0.25) is 0 Å². The zero-order chi connectivity index (χ0) is 15.9. The number of thiophene rings is 1. The Hall–Kier alpha value is -2.67. The lowest BCUT2D eigenvalue weighted by molar-refractivity contribution is -0.120. The molecule has 0 aliphatic heterocycles. The molecule has 0 atom stereocenters. The van der Waals surface area contributed by atoms with Gasteiger partial charge in [0.2, 0.25) is 0 Å². The first-order valence-corrected chi connectivity index (χ1v) is 7.28. The number of nitrogens with zero attached hydrogens (tertiary/aromatic N) is 1. The van der Waals surface area contributed by atoms with Crippen LogP contribution in [-0.2, 0) is 9.63 Å². The van der Waals surface area contributed by atoms with E-state index < -0.39 is 11.9 Å². The molecule has 1 amide bonds. The first kappa shape index (κ1) is 15.7. The Balaban J connectivity index is 1.91. The Kier molecular flexibility index (Phi) is 5.26. The maximum atomic E-state index is 11.8. The molecule has 22 heavy (non-hydrogen) atoms. The van der Waals surface area contributed by atoms with Crippen molar-refractivity contribution in [3.8, 4) is 0 Å². The number of rotatable bonds is 6. The third-order valence-electron chi connectivity index (χ3n) is 2.71. The summed E-state index contributed by atoms with van der Waals surface area (Å²) in [6, 6.07) is 9.95. The average Bonchev–Trinajstić information content (AvgIpc) is 3.01. The van der Waals surface area contributed by atoms with Crippen molar-refractivity contribution in [2.24, 2.45) is 5.16 Å². The van der Waals surface area contributed by atoms with Gasteiger partial charge in [-0.15, -0.1) is 11.3 Å². The maximum Gasteiger partial charge on any atom is 0.337 e. The smallest absolute Gasteiger partial charge is 0.337 e. The topological polar surface area (TPSA) is 88.0 Å². The number of hydrogen-bond donors (Lipinski definition) is 2. The van der Waals surface area contributed by atoms with Gasteiger partial charge in [0, 0.05) is 0 Å².